The van der Waals surface area contributed by atoms with Crippen molar-refractivity contribution in [1.29, 1.82) is 0 Å². The third-order valence-corrected chi connectivity index (χ3v) is 4.81. The maximum Gasteiger partial charge on any atom is 0.228 e. The molecule has 2 N–H and O–H groups in total. The van der Waals surface area contributed by atoms with Gasteiger partial charge in [0.25, 0.3) is 0 Å². The van der Waals surface area contributed by atoms with Crippen molar-refractivity contribution in [2.75, 3.05) is 13.1 Å². The summed E-state index contributed by atoms with van der Waals surface area (Å²) in [4.78, 5) is 18.4. The number of hydrogen-bond acceptors (Lipinski definition) is 5. The normalized spacial score (nSPS) is 17.5. The molecule has 1 aliphatic heterocycles. The highest BCUT2D eigenvalue weighted by Crippen LogP contribution is 2.19. The second kappa shape index (κ2) is 7.29. The van der Waals surface area contributed by atoms with Gasteiger partial charge in [-0.15, -0.1) is 11.3 Å². The largest absolute Gasteiger partial charge is 0.486 e. The van der Waals surface area contributed by atoms with Crippen molar-refractivity contribution in [3.63, 3.8) is 0 Å². The van der Waals surface area contributed by atoms with Crippen molar-refractivity contribution in [2.24, 2.45) is 5.73 Å². The molecule has 122 valence electrons. The van der Waals surface area contributed by atoms with Crippen LogP contribution in [0.5, 0.6) is 5.75 Å². The predicted molar refractivity (Wildman–Crippen MR) is 90.8 cm³/mol. The molecule has 2 aromatic rings. The summed E-state index contributed by atoms with van der Waals surface area (Å²) >= 11 is 7.33. The molecule has 1 atom stereocenters. The first-order chi connectivity index (χ1) is 11.1. The van der Waals surface area contributed by atoms with E-state index in [1.54, 1.807) is 12.1 Å². The van der Waals surface area contributed by atoms with Crippen molar-refractivity contribution in [3.8, 4) is 5.75 Å². The summed E-state index contributed by atoms with van der Waals surface area (Å²) in [7, 11) is 0. The lowest BCUT2D eigenvalue weighted by Crippen LogP contribution is -2.33. The van der Waals surface area contributed by atoms with E-state index < -0.39 is 0 Å². The van der Waals surface area contributed by atoms with E-state index in [1.165, 1.54) is 11.3 Å². The van der Waals surface area contributed by atoms with E-state index >= 15 is 0 Å². The summed E-state index contributed by atoms with van der Waals surface area (Å²) in [6, 6.07) is 7.30. The van der Waals surface area contributed by atoms with Crippen LogP contribution >= 0.6 is 22.9 Å². The predicted octanol–water partition coefficient (Wildman–Crippen LogP) is 2.48. The van der Waals surface area contributed by atoms with E-state index in [1.807, 2.05) is 22.4 Å². The van der Waals surface area contributed by atoms with Gasteiger partial charge in [0.2, 0.25) is 5.91 Å². The topological polar surface area (TPSA) is 68.5 Å². The van der Waals surface area contributed by atoms with E-state index in [9.17, 15) is 4.79 Å². The molecule has 0 aliphatic carbocycles. The molecule has 2 heterocycles. The minimum Gasteiger partial charge on any atom is -0.486 e. The second-order valence-electron chi connectivity index (χ2n) is 5.54. The Hall–Kier alpha value is -1.63. The number of hydrogen-bond donors (Lipinski definition) is 1. The van der Waals surface area contributed by atoms with E-state index in [2.05, 4.69) is 4.98 Å². The summed E-state index contributed by atoms with van der Waals surface area (Å²) < 4.78 is 5.66. The average Bonchev–Trinajstić information content (AvgIpc) is 3.16. The summed E-state index contributed by atoms with van der Waals surface area (Å²) in [5, 5.41) is 3.43. The molecule has 1 aromatic carbocycles. The molecule has 3 rings (SSSR count). The molecule has 1 saturated heterocycles. The fourth-order valence-corrected chi connectivity index (χ4v) is 3.28. The molecule has 1 fully saturated rings. The van der Waals surface area contributed by atoms with Crippen molar-refractivity contribution in [3.05, 3.63) is 45.4 Å². The third-order valence-electron chi connectivity index (χ3n) is 3.69. The number of amides is 1. The quantitative estimate of drug-likeness (QED) is 0.898. The van der Waals surface area contributed by atoms with E-state index in [0.29, 0.717) is 24.6 Å². The Morgan fingerprint density at radius 3 is 2.91 bits per heavy atom. The number of carbonyl (C=O) groups is 1. The molecule has 1 aliphatic rings. The van der Waals surface area contributed by atoms with Gasteiger partial charge in [-0.3, -0.25) is 4.79 Å². The average molecular weight is 352 g/mol. The van der Waals surface area contributed by atoms with Gasteiger partial charge < -0.3 is 15.4 Å². The molecular weight excluding hydrogens is 334 g/mol. The molecule has 23 heavy (non-hydrogen) atoms. The van der Waals surface area contributed by atoms with Crippen LogP contribution < -0.4 is 10.5 Å². The number of halogens is 1. The Morgan fingerprint density at radius 2 is 2.22 bits per heavy atom. The van der Waals surface area contributed by atoms with Gasteiger partial charge in [-0.2, -0.15) is 0 Å². The van der Waals surface area contributed by atoms with E-state index in [4.69, 9.17) is 22.1 Å². The Balaban J connectivity index is 1.51. The molecule has 1 amide bonds. The number of aromatic nitrogens is 1. The lowest BCUT2D eigenvalue weighted by molar-refractivity contribution is -0.129. The number of ether oxygens (including phenoxy) is 1. The van der Waals surface area contributed by atoms with Crippen molar-refractivity contribution >= 4 is 28.8 Å². The molecule has 1 aromatic heterocycles. The lowest BCUT2D eigenvalue weighted by Gasteiger charge is -2.14. The van der Waals surface area contributed by atoms with Crippen LogP contribution in [0.1, 0.15) is 17.1 Å². The number of rotatable bonds is 5. The van der Waals surface area contributed by atoms with Crippen LogP contribution in [0.15, 0.2) is 29.6 Å². The van der Waals surface area contributed by atoms with Gasteiger partial charge >= 0.3 is 0 Å². The Morgan fingerprint density at radius 1 is 1.43 bits per heavy atom. The molecule has 0 saturated carbocycles. The van der Waals surface area contributed by atoms with Gasteiger partial charge in [0, 0.05) is 29.5 Å². The third kappa shape index (κ3) is 4.43. The first kappa shape index (κ1) is 16.2. The highest BCUT2D eigenvalue weighted by Gasteiger charge is 2.24. The molecule has 5 nitrogen and oxygen atoms in total. The molecule has 0 unspecified atom stereocenters. The van der Waals surface area contributed by atoms with Gasteiger partial charge in [0.05, 0.1) is 12.1 Å². The van der Waals surface area contributed by atoms with Gasteiger partial charge in [-0.05, 0) is 30.7 Å². The molecule has 0 radical (unpaired) electrons. The van der Waals surface area contributed by atoms with Crippen molar-refractivity contribution < 1.29 is 9.53 Å². The van der Waals surface area contributed by atoms with Gasteiger partial charge in [0.15, 0.2) is 0 Å². The van der Waals surface area contributed by atoms with E-state index in [0.717, 1.165) is 29.4 Å². The monoisotopic (exact) mass is 351 g/mol. The van der Waals surface area contributed by atoms with Crippen molar-refractivity contribution in [2.45, 2.75) is 25.5 Å². The fourth-order valence-electron chi connectivity index (χ4n) is 2.45. The lowest BCUT2D eigenvalue weighted by atomic mass is 10.3. The smallest absolute Gasteiger partial charge is 0.228 e. The molecular formula is C16H18ClN3O2S. The first-order valence-corrected chi connectivity index (χ1v) is 8.71. The number of thiazole rings is 1. The maximum atomic E-state index is 12.2. The summed E-state index contributed by atoms with van der Waals surface area (Å²) in [6.45, 7) is 1.78. The Labute approximate surface area is 144 Å². The Kier molecular flexibility index (Phi) is 5.15. The van der Waals surface area contributed by atoms with E-state index in [-0.39, 0.29) is 11.9 Å². The van der Waals surface area contributed by atoms with Crippen LogP contribution in [-0.2, 0) is 17.8 Å². The summed E-state index contributed by atoms with van der Waals surface area (Å²) in [6.07, 6.45) is 1.20. The van der Waals surface area contributed by atoms with Crippen LogP contribution in [0.3, 0.4) is 0 Å². The second-order valence-corrected chi connectivity index (χ2v) is 6.92. The van der Waals surface area contributed by atoms with Crippen LogP contribution in [0.2, 0.25) is 5.02 Å². The number of nitrogens with two attached hydrogens (primary N) is 1. The minimum absolute atomic E-state index is 0.0911. The highest BCUT2D eigenvalue weighted by molar-refractivity contribution is 7.09. The number of benzene rings is 1. The van der Waals surface area contributed by atoms with Crippen LogP contribution in [-0.4, -0.2) is 34.9 Å². The number of carbonyl (C=O) groups excluding carboxylic acids is 1. The summed E-state index contributed by atoms with van der Waals surface area (Å²) in [5.74, 6) is 0.835. The van der Waals surface area contributed by atoms with Gasteiger partial charge in [-0.1, -0.05) is 11.6 Å². The van der Waals surface area contributed by atoms with Crippen LogP contribution in [0.4, 0.5) is 0 Å². The zero-order valence-corrected chi connectivity index (χ0v) is 14.1. The van der Waals surface area contributed by atoms with Crippen molar-refractivity contribution in [1.82, 2.24) is 9.88 Å². The number of likely N-dealkylation sites (tertiary alicyclic amines) is 1. The first-order valence-electron chi connectivity index (χ1n) is 7.45. The zero-order chi connectivity index (χ0) is 16.2. The van der Waals surface area contributed by atoms with Crippen LogP contribution in [0.25, 0.3) is 0 Å². The van der Waals surface area contributed by atoms with Gasteiger partial charge in [-0.25, -0.2) is 4.98 Å². The standard InChI is InChI=1S/C16H18ClN3O2S/c17-11-1-3-14(4-2-11)22-9-15-19-13(10-23-15)7-16(21)20-6-5-12(18)8-20/h1-4,10,12H,5-9,18H2/t12-/m1/s1. The number of nitrogens with zero attached hydrogens (tertiary/aromatic N) is 2. The molecule has 0 bridgehead atoms. The zero-order valence-electron chi connectivity index (χ0n) is 12.6. The minimum atomic E-state index is 0.0911. The van der Waals surface area contributed by atoms with Crippen LogP contribution in [0, 0.1) is 0 Å². The maximum absolute atomic E-state index is 12.2. The van der Waals surface area contributed by atoms with Gasteiger partial charge in [0.1, 0.15) is 17.4 Å². The molecule has 7 heteroatoms. The Bertz CT molecular complexity index is 674. The summed E-state index contributed by atoms with van der Waals surface area (Å²) in [5.41, 5.74) is 6.62. The SMILES string of the molecule is N[C@@H]1CCN(C(=O)Cc2csc(COc3ccc(Cl)cc3)n2)C1. The highest BCUT2D eigenvalue weighted by atomic mass is 35.5. The molecule has 0 spiro atoms. The fraction of sp³-hybridized carbons (Fsp3) is 0.375.